The number of carbonyl (C=O) groups excluding carboxylic acids is 1. The maximum Gasteiger partial charge on any atom is 0.226 e. The van der Waals surface area contributed by atoms with Crippen LogP contribution in [-0.2, 0) is 4.79 Å². The van der Waals surface area contributed by atoms with Crippen molar-refractivity contribution in [1.82, 2.24) is 9.97 Å². The Morgan fingerprint density at radius 2 is 2.03 bits per heavy atom. The molecule has 2 N–H and O–H groups in total. The number of amides is 1. The zero-order valence-electron chi connectivity index (χ0n) is 16.9. The average Bonchev–Trinajstić information content (AvgIpc) is 3.31. The van der Waals surface area contributed by atoms with Crippen LogP contribution in [-0.4, -0.2) is 23.0 Å². The summed E-state index contributed by atoms with van der Waals surface area (Å²) < 4.78 is 5.26. The molecule has 6 nitrogen and oxygen atoms in total. The van der Waals surface area contributed by atoms with Crippen LogP contribution in [0.1, 0.15) is 44.7 Å². The van der Waals surface area contributed by atoms with E-state index in [9.17, 15) is 4.79 Å². The second kappa shape index (κ2) is 10.4. The van der Waals surface area contributed by atoms with Gasteiger partial charge in [0.1, 0.15) is 5.75 Å². The highest BCUT2D eigenvalue weighted by Crippen LogP contribution is 2.35. The molecule has 3 rings (SSSR count). The maximum atomic E-state index is 12.1. The van der Waals surface area contributed by atoms with E-state index in [0.29, 0.717) is 11.6 Å². The van der Waals surface area contributed by atoms with E-state index in [0.717, 1.165) is 45.7 Å². The highest BCUT2D eigenvalue weighted by Gasteiger charge is 2.15. The Hall–Kier alpha value is -2.45. The molecule has 0 aliphatic carbocycles. The molecule has 0 unspecified atom stereocenters. The molecular formula is C21H26N4O2S2. The molecule has 0 radical (unpaired) electrons. The van der Waals surface area contributed by atoms with E-state index in [1.807, 2.05) is 36.6 Å². The predicted octanol–water partition coefficient (Wildman–Crippen LogP) is 6.24. The summed E-state index contributed by atoms with van der Waals surface area (Å²) in [4.78, 5) is 22.3. The van der Waals surface area contributed by atoms with Crippen molar-refractivity contribution in [1.29, 1.82) is 0 Å². The van der Waals surface area contributed by atoms with Crippen LogP contribution in [0.3, 0.4) is 0 Å². The second-order valence-corrected chi connectivity index (χ2v) is 8.54. The van der Waals surface area contributed by atoms with Crippen molar-refractivity contribution in [2.45, 2.75) is 46.0 Å². The molecule has 0 atom stereocenters. The van der Waals surface area contributed by atoms with Crippen LogP contribution in [0.15, 0.2) is 29.6 Å². The predicted molar refractivity (Wildman–Crippen MR) is 122 cm³/mol. The lowest BCUT2D eigenvalue weighted by atomic mass is 10.1. The number of unbranched alkanes of at least 4 members (excludes halogenated alkanes) is 3. The van der Waals surface area contributed by atoms with E-state index in [1.165, 1.54) is 35.5 Å². The molecule has 0 bridgehead atoms. The first-order valence-corrected chi connectivity index (χ1v) is 11.4. The minimum atomic E-state index is 0.0278. The van der Waals surface area contributed by atoms with E-state index in [-0.39, 0.29) is 5.91 Å². The first-order valence-electron chi connectivity index (χ1n) is 9.73. The normalized spacial score (nSPS) is 10.7. The van der Waals surface area contributed by atoms with E-state index in [4.69, 9.17) is 4.74 Å². The summed E-state index contributed by atoms with van der Waals surface area (Å²) in [5, 5.41) is 9.65. The average molecular weight is 431 g/mol. The van der Waals surface area contributed by atoms with Gasteiger partial charge in [-0.05, 0) is 25.5 Å². The molecule has 0 saturated carbocycles. The van der Waals surface area contributed by atoms with Crippen molar-refractivity contribution in [3.05, 3.63) is 35.3 Å². The monoisotopic (exact) mass is 430 g/mol. The number of benzene rings is 1. The number of anilines is 3. The van der Waals surface area contributed by atoms with Crippen LogP contribution in [0, 0.1) is 6.92 Å². The van der Waals surface area contributed by atoms with Crippen molar-refractivity contribution in [3.63, 3.8) is 0 Å². The fourth-order valence-corrected chi connectivity index (χ4v) is 4.58. The number of nitrogens with one attached hydrogen (secondary N) is 2. The molecule has 0 saturated heterocycles. The minimum Gasteiger partial charge on any atom is -0.497 e. The van der Waals surface area contributed by atoms with Crippen LogP contribution < -0.4 is 15.4 Å². The number of aryl methyl sites for hydroxylation is 1. The Kier molecular flexibility index (Phi) is 7.60. The number of thiazole rings is 2. The van der Waals surface area contributed by atoms with Crippen LogP contribution in [0.2, 0.25) is 0 Å². The zero-order valence-corrected chi connectivity index (χ0v) is 18.6. The van der Waals surface area contributed by atoms with Gasteiger partial charge in [0.15, 0.2) is 10.3 Å². The number of ether oxygens (including phenoxy) is 1. The van der Waals surface area contributed by atoms with Crippen LogP contribution in [0.25, 0.3) is 10.6 Å². The fourth-order valence-electron chi connectivity index (χ4n) is 2.84. The van der Waals surface area contributed by atoms with E-state index in [1.54, 1.807) is 7.11 Å². The topological polar surface area (TPSA) is 76.1 Å². The summed E-state index contributed by atoms with van der Waals surface area (Å²) in [6.45, 7) is 4.10. The summed E-state index contributed by atoms with van der Waals surface area (Å²) in [6.07, 6.45) is 4.89. The molecule has 29 heavy (non-hydrogen) atoms. The van der Waals surface area contributed by atoms with Gasteiger partial charge in [-0.15, -0.1) is 11.3 Å². The molecular weight excluding hydrogens is 404 g/mol. The molecule has 2 heterocycles. The lowest BCUT2D eigenvalue weighted by molar-refractivity contribution is -0.116. The van der Waals surface area contributed by atoms with E-state index < -0.39 is 0 Å². The third-order valence-electron chi connectivity index (χ3n) is 4.36. The molecule has 0 aliphatic rings. The molecule has 2 aromatic heterocycles. The number of hydrogen-bond acceptors (Lipinski definition) is 7. The van der Waals surface area contributed by atoms with Crippen molar-refractivity contribution in [2.75, 3.05) is 17.7 Å². The highest BCUT2D eigenvalue weighted by atomic mass is 32.1. The lowest BCUT2D eigenvalue weighted by Gasteiger charge is -2.04. The largest absolute Gasteiger partial charge is 0.497 e. The number of nitrogens with zero attached hydrogens (tertiary/aromatic N) is 2. The van der Waals surface area contributed by atoms with Crippen molar-refractivity contribution >= 4 is 44.5 Å². The second-order valence-electron chi connectivity index (χ2n) is 6.69. The van der Waals surface area contributed by atoms with Gasteiger partial charge in [0, 0.05) is 23.6 Å². The zero-order chi connectivity index (χ0) is 20.6. The van der Waals surface area contributed by atoms with Gasteiger partial charge < -0.3 is 15.4 Å². The quantitative estimate of drug-likeness (QED) is 0.373. The molecule has 3 aromatic rings. The highest BCUT2D eigenvalue weighted by molar-refractivity contribution is 7.20. The number of carbonyl (C=O) groups is 1. The number of methoxy groups -OCH3 is 1. The van der Waals surface area contributed by atoms with E-state index >= 15 is 0 Å². The summed E-state index contributed by atoms with van der Waals surface area (Å²) in [6, 6.07) is 7.72. The van der Waals surface area contributed by atoms with Crippen molar-refractivity contribution in [2.24, 2.45) is 0 Å². The third-order valence-corrected chi connectivity index (χ3v) is 6.21. The summed E-state index contributed by atoms with van der Waals surface area (Å²) in [5.41, 5.74) is 2.65. The smallest absolute Gasteiger partial charge is 0.226 e. The number of rotatable bonds is 10. The summed E-state index contributed by atoms with van der Waals surface area (Å²) in [7, 11) is 1.65. The van der Waals surface area contributed by atoms with Gasteiger partial charge in [0.25, 0.3) is 0 Å². The van der Waals surface area contributed by atoms with Gasteiger partial charge in [-0.2, -0.15) is 0 Å². The van der Waals surface area contributed by atoms with E-state index in [2.05, 4.69) is 27.5 Å². The SMILES string of the molecule is CCCCCCC(=O)Nc1nc(C)c(-c2csc(Nc3cccc(OC)c3)n2)s1. The standard InChI is InChI=1S/C21H26N4O2S2/c1-4-5-6-7-11-18(26)25-21-22-14(2)19(29-21)17-13-28-20(24-17)23-15-9-8-10-16(12-15)27-3/h8-10,12-13H,4-7,11H2,1-3H3,(H,23,24)(H,22,25,26). The van der Waals surface area contributed by atoms with Gasteiger partial charge in [0.2, 0.25) is 5.91 Å². The molecule has 1 aromatic carbocycles. The van der Waals surface area contributed by atoms with Crippen LogP contribution in [0.5, 0.6) is 5.75 Å². The molecule has 154 valence electrons. The third kappa shape index (κ3) is 6.01. The van der Waals surface area contributed by atoms with Crippen LogP contribution >= 0.6 is 22.7 Å². The minimum absolute atomic E-state index is 0.0278. The number of hydrogen-bond donors (Lipinski definition) is 2. The molecule has 8 heteroatoms. The van der Waals surface area contributed by atoms with Gasteiger partial charge in [-0.3, -0.25) is 4.79 Å². The maximum absolute atomic E-state index is 12.1. The Balaban J connectivity index is 1.63. The number of aromatic nitrogens is 2. The molecule has 0 aliphatic heterocycles. The lowest BCUT2D eigenvalue weighted by Crippen LogP contribution is -2.10. The van der Waals surface area contributed by atoms with Gasteiger partial charge in [-0.1, -0.05) is 43.6 Å². The first-order chi connectivity index (χ1) is 14.1. The van der Waals surface area contributed by atoms with Crippen molar-refractivity contribution in [3.8, 4) is 16.3 Å². The van der Waals surface area contributed by atoms with Crippen LogP contribution in [0.4, 0.5) is 16.0 Å². The first kappa shape index (κ1) is 21.3. The Labute approximate surface area is 179 Å². The Morgan fingerprint density at radius 3 is 2.83 bits per heavy atom. The molecule has 1 amide bonds. The summed E-state index contributed by atoms with van der Waals surface area (Å²) >= 11 is 2.99. The fraction of sp³-hybridized carbons (Fsp3) is 0.381. The molecule has 0 spiro atoms. The summed E-state index contributed by atoms with van der Waals surface area (Å²) in [5.74, 6) is 0.820. The molecule has 0 fully saturated rings. The van der Waals surface area contributed by atoms with Crippen molar-refractivity contribution < 1.29 is 9.53 Å². The Morgan fingerprint density at radius 1 is 1.17 bits per heavy atom. The Bertz CT molecular complexity index is 952. The van der Waals surface area contributed by atoms with Gasteiger partial charge >= 0.3 is 0 Å². The van der Waals surface area contributed by atoms with Gasteiger partial charge in [-0.25, -0.2) is 9.97 Å². The van der Waals surface area contributed by atoms with Gasteiger partial charge in [0.05, 0.1) is 23.4 Å².